The van der Waals surface area contributed by atoms with Gasteiger partial charge < -0.3 is 20.2 Å². The first kappa shape index (κ1) is 23.4. The Morgan fingerprint density at radius 1 is 0.800 bits per heavy atom. The molecule has 2 N–H and O–H groups in total. The number of benzene rings is 2. The Morgan fingerprint density at radius 2 is 1.37 bits per heavy atom. The van der Waals surface area contributed by atoms with Gasteiger partial charge in [0, 0.05) is 26.2 Å². The average molecular weight is 472 g/mol. The van der Waals surface area contributed by atoms with Gasteiger partial charge in [-0.15, -0.1) is 0 Å². The lowest BCUT2D eigenvalue weighted by molar-refractivity contribution is -0.134. The number of hydrogen-bond donors (Lipinski definition) is 2. The molecule has 5 rings (SSSR count). The maximum absolute atomic E-state index is 13.2. The van der Waals surface area contributed by atoms with Crippen molar-refractivity contribution in [3.63, 3.8) is 0 Å². The molecular weight excluding hydrogens is 438 g/mol. The quantitative estimate of drug-likeness (QED) is 0.603. The largest absolute Gasteiger partial charge is 0.394 e. The SMILES string of the molecule is O=C(NC(CO)C(=O)N1CCC(=C2c3ccccc3C=Cc3ccccc32)CC1)N1CCCCC1. The first-order valence-electron chi connectivity index (χ1n) is 12.7. The standard InChI is InChI=1S/C29H33N3O3/c33-20-26(30-29(35)32-16-6-1-7-17-32)28(34)31-18-14-23(15-19-31)27-24-10-4-2-8-21(24)12-13-22-9-3-5-11-25(22)27/h2-5,8-13,26,33H,1,6-7,14-20H2,(H,30,35). The van der Waals surface area contributed by atoms with Crippen LogP contribution in [0.2, 0.25) is 0 Å². The van der Waals surface area contributed by atoms with Crippen molar-refractivity contribution in [2.24, 2.45) is 0 Å². The molecule has 0 aromatic heterocycles. The van der Waals surface area contributed by atoms with Crippen molar-refractivity contribution in [3.8, 4) is 0 Å². The van der Waals surface area contributed by atoms with E-state index in [-0.39, 0.29) is 11.9 Å². The summed E-state index contributed by atoms with van der Waals surface area (Å²) < 4.78 is 0. The predicted molar refractivity (Wildman–Crippen MR) is 138 cm³/mol. The summed E-state index contributed by atoms with van der Waals surface area (Å²) in [5, 5.41) is 12.7. The monoisotopic (exact) mass is 471 g/mol. The van der Waals surface area contributed by atoms with E-state index < -0.39 is 12.6 Å². The zero-order valence-corrected chi connectivity index (χ0v) is 20.1. The van der Waals surface area contributed by atoms with Crippen LogP contribution in [0.5, 0.6) is 0 Å². The van der Waals surface area contributed by atoms with Crippen molar-refractivity contribution in [2.45, 2.75) is 38.1 Å². The average Bonchev–Trinajstić information content (AvgIpc) is 3.09. The molecule has 35 heavy (non-hydrogen) atoms. The van der Waals surface area contributed by atoms with Crippen molar-refractivity contribution in [1.29, 1.82) is 0 Å². The number of piperidine rings is 2. The van der Waals surface area contributed by atoms with E-state index in [1.807, 2.05) is 0 Å². The van der Waals surface area contributed by atoms with Gasteiger partial charge in [-0.2, -0.15) is 0 Å². The van der Waals surface area contributed by atoms with Crippen molar-refractivity contribution in [3.05, 3.63) is 76.4 Å². The lowest BCUT2D eigenvalue weighted by Crippen LogP contribution is -2.55. The number of rotatable bonds is 3. The Kier molecular flexibility index (Phi) is 7.00. The molecule has 182 valence electrons. The van der Waals surface area contributed by atoms with Crippen LogP contribution in [0.3, 0.4) is 0 Å². The Morgan fingerprint density at radius 3 is 1.94 bits per heavy atom. The summed E-state index contributed by atoms with van der Waals surface area (Å²) in [6.07, 6.45) is 8.98. The Hall–Kier alpha value is -3.38. The third-order valence-electron chi connectivity index (χ3n) is 7.36. The van der Waals surface area contributed by atoms with Crippen LogP contribution < -0.4 is 5.32 Å². The molecule has 0 saturated carbocycles. The van der Waals surface area contributed by atoms with Gasteiger partial charge in [-0.25, -0.2) is 4.79 Å². The van der Waals surface area contributed by atoms with Gasteiger partial charge in [0.05, 0.1) is 6.61 Å². The minimum atomic E-state index is -0.901. The molecule has 0 bridgehead atoms. The van der Waals surface area contributed by atoms with Gasteiger partial charge in [0.15, 0.2) is 0 Å². The molecule has 2 saturated heterocycles. The van der Waals surface area contributed by atoms with Crippen molar-refractivity contribution < 1.29 is 14.7 Å². The van der Waals surface area contributed by atoms with Crippen LogP contribution in [0.15, 0.2) is 54.1 Å². The van der Waals surface area contributed by atoms with E-state index in [0.717, 1.165) is 32.1 Å². The number of amides is 3. The van der Waals surface area contributed by atoms with Crippen LogP contribution in [-0.4, -0.2) is 65.7 Å². The molecule has 1 unspecified atom stereocenters. The van der Waals surface area contributed by atoms with Gasteiger partial charge in [0.2, 0.25) is 5.91 Å². The highest BCUT2D eigenvalue weighted by molar-refractivity contribution is 5.95. The predicted octanol–water partition coefficient (Wildman–Crippen LogP) is 4.15. The number of hydrogen-bond acceptors (Lipinski definition) is 3. The van der Waals surface area contributed by atoms with Crippen LogP contribution in [0, 0.1) is 0 Å². The maximum Gasteiger partial charge on any atom is 0.318 e. The van der Waals surface area contributed by atoms with Crippen molar-refractivity contribution >= 4 is 29.7 Å². The van der Waals surface area contributed by atoms with Gasteiger partial charge in [0.1, 0.15) is 6.04 Å². The number of likely N-dealkylation sites (tertiary alicyclic amines) is 2. The Bertz CT molecular complexity index is 1100. The van der Waals surface area contributed by atoms with Gasteiger partial charge in [-0.1, -0.05) is 66.3 Å². The fraction of sp³-hybridized carbons (Fsp3) is 0.379. The summed E-state index contributed by atoms with van der Waals surface area (Å²) >= 11 is 0. The van der Waals surface area contributed by atoms with Crippen LogP contribution >= 0.6 is 0 Å². The van der Waals surface area contributed by atoms with Crippen LogP contribution in [-0.2, 0) is 4.79 Å². The summed E-state index contributed by atoms with van der Waals surface area (Å²) in [7, 11) is 0. The normalized spacial score (nSPS) is 18.4. The van der Waals surface area contributed by atoms with Gasteiger partial charge >= 0.3 is 6.03 Å². The van der Waals surface area contributed by atoms with E-state index in [1.165, 1.54) is 33.4 Å². The molecule has 2 aliphatic heterocycles. The van der Waals surface area contributed by atoms with E-state index in [9.17, 15) is 14.7 Å². The van der Waals surface area contributed by atoms with Crippen LogP contribution in [0.25, 0.3) is 17.7 Å². The highest BCUT2D eigenvalue weighted by Crippen LogP contribution is 2.38. The molecule has 2 fully saturated rings. The topological polar surface area (TPSA) is 72.9 Å². The van der Waals surface area contributed by atoms with Crippen LogP contribution in [0.1, 0.15) is 54.4 Å². The zero-order chi connectivity index (χ0) is 24.2. The molecule has 2 heterocycles. The first-order chi connectivity index (χ1) is 17.2. The van der Waals surface area contributed by atoms with Crippen molar-refractivity contribution in [2.75, 3.05) is 32.8 Å². The van der Waals surface area contributed by atoms with Gasteiger partial charge in [-0.05, 0) is 59.9 Å². The Balaban J connectivity index is 1.33. The minimum Gasteiger partial charge on any atom is -0.394 e. The van der Waals surface area contributed by atoms with E-state index in [1.54, 1.807) is 9.80 Å². The number of carbonyl (C=O) groups excluding carboxylic acids is 2. The highest BCUT2D eigenvalue weighted by Gasteiger charge is 2.30. The number of nitrogens with one attached hydrogen (secondary N) is 1. The van der Waals surface area contributed by atoms with Crippen molar-refractivity contribution in [1.82, 2.24) is 15.1 Å². The molecular formula is C29H33N3O3. The number of fused-ring (bicyclic) bond motifs is 2. The molecule has 6 heteroatoms. The maximum atomic E-state index is 13.2. The molecule has 2 aromatic carbocycles. The lowest BCUT2D eigenvalue weighted by Gasteiger charge is -2.34. The minimum absolute atomic E-state index is 0.203. The highest BCUT2D eigenvalue weighted by atomic mass is 16.3. The summed E-state index contributed by atoms with van der Waals surface area (Å²) in [4.78, 5) is 29.3. The molecule has 1 aliphatic carbocycles. The summed E-state index contributed by atoms with van der Waals surface area (Å²) in [5.74, 6) is -0.203. The number of nitrogens with zero attached hydrogens (tertiary/aromatic N) is 2. The van der Waals surface area contributed by atoms with Gasteiger partial charge in [-0.3, -0.25) is 4.79 Å². The third-order valence-corrected chi connectivity index (χ3v) is 7.36. The summed E-state index contributed by atoms with van der Waals surface area (Å²) in [6.45, 7) is 2.17. The number of aliphatic hydroxyl groups is 1. The number of urea groups is 1. The second-order valence-corrected chi connectivity index (χ2v) is 9.54. The van der Waals surface area contributed by atoms with E-state index in [0.29, 0.717) is 26.2 Å². The number of aliphatic hydroxyl groups excluding tert-OH is 1. The lowest BCUT2D eigenvalue weighted by atomic mass is 9.86. The fourth-order valence-corrected chi connectivity index (χ4v) is 5.44. The molecule has 6 nitrogen and oxygen atoms in total. The molecule has 1 atom stereocenters. The van der Waals surface area contributed by atoms with E-state index in [4.69, 9.17) is 0 Å². The third kappa shape index (κ3) is 4.89. The molecule has 0 radical (unpaired) electrons. The zero-order valence-electron chi connectivity index (χ0n) is 20.1. The second kappa shape index (κ2) is 10.5. The smallest absolute Gasteiger partial charge is 0.318 e. The summed E-state index contributed by atoms with van der Waals surface area (Å²) in [5.41, 5.74) is 7.47. The number of carbonyl (C=O) groups is 2. The first-order valence-corrected chi connectivity index (χ1v) is 12.7. The van der Waals surface area contributed by atoms with Gasteiger partial charge in [0.25, 0.3) is 0 Å². The Labute approximate surface area is 206 Å². The van der Waals surface area contributed by atoms with E-state index in [2.05, 4.69) is 66.0 Å². The second-order valence-electron chi connectivity index (χ2n) is 9.54. The molecule has 0 spiro atoms. The molecule has 3 aliphatic rings. The van der Waals surface area contributed by atoms with Crippen LogP contribution in [0.4, 0.5) is 4.79 Å². The van der Waals surface area contributed by atoms with E-state index >= 15 is 0 Å². The fourth-order valence-electron chi connectivity index (χ4n) is 5.44. The summed E-state index contributed by atoms with van der Waals surface area (Å²) in [6, 6.07) is 15.8. The molecule has 2 aromatic rings. The molecule has 3 amide bonds.